The van der Waals surface area contributed by atoms with E-state index in [0.29, 0.717) is 0 Å². The number of carbonyl (C=O) groups is 2. The Morgan fingerprint density at radius 1 is 0.800 bits per heavy atom. The molecule has 0 aliphatic carbocycles. The van der Waals surface area contributed by atoms with Crippen LogP contribution >= 0.6 is 0 Å². The van der Waals surface area contributed by atoms with Crippen molar-refractivity contribution in [1.29, 1.82) is 0 Å². The van der Waals surface area contributed by atoms with E-state index < -0.39 is 36.0 Å². The molecule has 1 heterocycles. The lowest BCUT2D eigenvalue weighted by Crippen LogP contribution is -2.31. The molecule has 2 aromatic carbocycles. The molecule has 0 aromatic heterocycles. The van der Waals surface area contributed by atoms with Gasteiger partial charge in [0.2, 0.25) is 0 Å². The van der Waals surface area contributed by atoms with Crippen LogP contribution in [0.3, 0.4) is 0 Å². The Balaban J connectivity index is 2.09. The van der Waals surface area contributed by atoms with Gasteiger partial charge in [0.1, 0.15) is 0 Å². The fourth-order valence-electron chi connectivity index (χ4n) is 3.41. The molecule has 0 saturated carbocycles. The molecule has 4 atom stereocenters. The maximum absolute atomic E-state index is 12.6. The van der Waals surface area contributed by atoms with Crippen LogP contribution in [-0.4, -0.2) is 32.3 Å². The lowest BCUT2D eigenvalue weighted by atomic mass is 9.80. The second-order valence-corrected chi connectivity index (χ2v) is 5.90. The maximum Gasteiger partial charge on any atom is 0.335 e. The summed E-state index contributed by atoms with van der Waals surface area (Å²) in [5.74, 6) is -2.03. The minimum atomic E-state index is -0.873. The molecule has 5 nitrogen and oxygen atoms in total. The maximum atomic E-state index is 12.6. The standard InChI is InChI=1S/C20H20O5/c1-23-19(21)16-15(13-9-5-3-6-10-13)18(20(22)24-2)25-17(16)14-11-7-4-8-12-14/h3-12,15-18H,1-2H3/t15-,16-,17-,18-/m1/s1. The largest absolute Gasteiger partial charge is 0.469 e. The van der Waals surface area contributed by atoms with E-state index in [-0.39, 0.29) is 0 Å². The summed E-state index contributed by atoms with van der Waals surface area (Å²) in [6.45, 7) is 0. The van der Waals surface area contributed by atoms with Crippen molar-refractivity contribution < 1.29 is 23.8 Å². The van der Waals surface area contributed by atoms with Crippen molar-refractivity contribution in [3.63, 3.8) is 0 Å². The van der Waals surface area contributed by atoms with E-state index in [9.17, 15) is 9.59 Å². The average Bonchev–Trinajstić information content (AvgIpc) is 3.08. The van der Waals surface area contributed by atoms with Crippen molar-refractivity contribution in [3.8, 4) is 0 Å². The molecule has 2 aromatic rings. The molecule has 3 rings (SSSR count). The Morgan fingerprint density at radius 2 is 1.32 bits per heavy atom. The molecule has 0 N–H and O–H groups in total. The first-order valence-corrected chi connectivity index (χ1v) is 8.08. The number of hydrogen-bond acceptors (Lipinski definition) is 5. The lowest BCUT2D eigenvalue weighted by Gasteiger charge is -2.22. The molecule has 0 bridgehead atoms. The quantitative estimate of drug-likeness (QED) is 0.801. The van der Waals surface area contributed by atoms with E-state index in [1.54, 1.807) is 0 Å². The summed E-state index contributed by atoms with van der Waals surface area (Å²) in [7, 11) is 2.66. The number of esters is 2. The predicted octanol–water partition coefficient (Wildman–Crippen LogP) is 2.87. The Bertz CT molecular complexity index is 728. The molecule has 1 fully saturated rings. The Morgan fingerprint density at radius 3 is 1.84 bits per heavy atom. The van der Waals surface area contributed by atoms with Crippen molar-refractivity contribution in [2.75, 3.05) is 14.2 Å². The third-order valence-corrected chi connectivity index (χ3v) is 4.55. The van der Waals surface area contributed by atoms with Gasteiger partial charge in [0.25, 0.3) is 0 Å². The van der Waals surface area contributed by atoms with Crippen molar-refractivity contribution in [3.05, 3.63) is 71.8 Å². The second kappa shape index (κ2) is 7.49. The van der Waals surface area contributed by atoms with Gasteiger partial charge >= 0.3 is 11.9 Å². The van der Waals surface area contributed by atoms with Gasteiger partial charge in [-0.1, -0.05) is 60.7 Å². The van der Waals surface area contributed by atoms with E-state index in [1.165, 1.54) is 14.2 Å². The van der Waals surface area contributed by atoms with E-state index in [4.69, 9.17) is 14.2 Å². The summed E-state index contributed by atoms with van der Waals surface area (Å²) in [5.41, 5.74) is 1.66. The average molecular weight is 340 g/mol. The van der Waals surface area contributed by atoms with Gasteiger partial charge in [0, 0.05) is 5.92 Å². The number of ether oxygens (including phenoxy) is 3. The van der Waals surface area contributed by atoms with E-state index in [0.717, 1.165) is 11.1 Å². The SMILES string of the molecule is COC(=O)[C@@H]1[C@@H](c2ccccc2)[C@H](C(=O)OC)O[C@@H]1c1ccccc1. The monoisotopic (exact) mass is 340 g/mol. The summed E-state index contributed by atoms with van der Waals surface area (Å²) < 4.78 is 16.0. The summed E-state index contributed by atoms with van der Waals surface area (Å²) in [4.78, 5) is 24.9. The zero-order valence-electron chi connectivity index (χ0n) is 14.1. The van der Waals surface area contributed by atoms with Gasteiger partial charge in [-0.05, 0) is 11.1 Å². The topological polar surface area (TPSA) is 61.8 Å². The van der Waals surface area contributed by atoms with Gasteiger partial charge in [0.05, 0.1) is 26.2 Å². The summed E-state index contributed by atoms with van der Waals surface area (Å²) in [5, 5.41) is 0. The Labute approximate surface area is 146 Å². The first-order chi connectivity index (χ1) is 12.2. The summed E-state index contributed by atoms with van der Waals surface area (Å²) >= 11 is 0. The van der Waals surface area contributed by atoms with Crippen LogP contribution in [0, 0.1) is 5.92 Å². The zero-order chi connectivity index (χ0) is 17.8. The van der Waals surface area contributed by atoms with Gasteiger partial charge in [0.15, 0.2) is 6.10 Å². The number of hydrogen-bond donors (Lipinski definition) is 0. The highest BCUT2D eigenvalue weighted by atomic mass is 16.6. The highest BCUT2D eigenvalue weighted by Crippen LogP contribution is 2.48. The van der Waals surface area contributed by atoms with Gasteiger partial charge in [-0.25, -0.2) is 4.79 Å². The van der Waals surface area contributed by atoms with Crippen LogP contribution in [0.25, 0.3) is 0 Å². The van der Waals surface area contributed by atoms with Crippen LogP contribution in [0.2, 0.25) is 0 Å². The Kier molecular flexibility index (Phi) is 5.14. The normalized spacial score (nSPS) is 25.4. The van der Waals surface area contributed by atoms with Crippen molar-refractivity contribution >= 4 is 11.9 Å². The first kappa shape index (κ1) is 17.2. The van der Waals surface area contributed by atoms with Crippen LogP contribution < -0.4 is 0 Å². The van der Waals surface area contributed by atoms with Crippen LogP contribution in [-0.2, 0) is 23.8 Å². The highest BCUT2D eigenvalue weighted by Gasteiger charge is 2.53. The molecular weight excluding hydrogens is 320 g/mol. The number of methoxy groups -OCH3 is 2. The molecule has 0 unspecified atom stereocenters. The molecule has 1 aliphatic rings. The van der Waals surface area contributed by atoms with Gasteiger partial charge < -0.3 is 14.2 Å². The molecule has 25 heavy (non-hydrogen) atoms. The third-order valence-electron chi connectivity index (χ3n) is 4.55. The zero-order valence-corrected chi connectivity index (χ0v) is 14.1. The minimum absolute atomic E-state index is 0.408. The van der Waals surface area contributed by atoms with E-state index in [1.807, 2.05) is 60.7 Å². The van der Waals surface area contributed by atoms with Crippen molar-refractivity contribution in [1.82, 2.24) is 0 Å². The van der Waals surface area contributed by atoms with Gasteiger partial charge in [-0.2, -0.15) is 0 Å². The predicted molar refractivity (Wildman–Crippen MR) is 90.8 cm³/mol. The fraction of sp³-hybridized carbons (Fsp3) is 0.300. The van der Waals surface area contributed by atoms with Gasteiger partial charge in [-0.15, -0.1) is 0 Å². The van der Waals surface area contributed by atoms with E-state index in [2.05, 4.69) is 0 Å². The summed E-state index contributed by atoms with van der Waals surface area (Å²) in [6, 6.07) is 18.8. The molecule has 5 heteroatoms. The van der Waals surface area contributed by atoms with Crippen LogP contribution in [0.5, 0.6) is 0 Å². The third kappa shape index (κ3) is 3.28. The molecular formula is C20H20O5. The number of benzene rings is 2. The smallest absolute Gasteiger partial charge is 0.335 e. The fourth-order valence-corrected chi connectivity index (χ4v) is 3.41. The molecule has 0 radical (unpaired) electrons. The minimum Gasteiger partial charge on any atom is -0.469 e. The summed E-state index contributed by atoms with van der Waals surface area (Å²) in [6.07, 6.45) is -1.45. The molecule has 1 aliphatic heterocycles. The highest BCUT2D eigenvalue weighted by molar-refractivity contribution is 5.82. The molecule has 130 valence electrons. The number of rotatable bonds is 4. The van der Waals surface area contributed by atoms with Crippen LogP contribution in [0.4, 0.5) is 0 Å². The lowest BCUT2D eigenvalue weighted by molar-refractivity contribution is -0.154. The molecule has 1 saturated heterocycles. The van der Waals surface area contributed by atoms with Gasteiger partial charge in [-0.3, -0.25) is 4.79 Å². The first-order valence-electron chi connectivity index (χ1n) is 8.08. The van der Waals surface area contributed by atoms with Crippen molar-refractivity contribution in [2.45, 2.75) is 18.1 Å². The van der Waals surface area contributed by atoms with Crippen LogP contribution in [0.1, 0.15) is 23.1 Å². The van der Waals surface area contributed by atoms with Crippen LogP contribution in [0.15, 0.2) is 60.7 Å². The molecule has 0 amide bonds. The van der Waals surface area contributed by atoms with Crippen molar-refractivity contribution in [2.24, 2.45) is 5.92 Å². The van der Waals surface area contributed by atoms with E-state index >= 15 is 0 Å². The Hall–Kier alpha value is -2.66. The molecule has 0 spiro atoms. The number of carbonyl (C=O) groups excluding carboxylic acids is 2. The second-order valence-electron chi connectivity index (χ2n) is 5.90.